The van der Waals surface area contributed by atoms with Crippen LogP contribution in [0.2, 0.25) is 0 Å². The molecule has 120 valence electrons. The van der Waals surface area contributed by atoms with Crippen molar-refractivity contribution in [1.82, 2.24) is 15.5 Å². The van der Waals surface area contributed by atoms with Crippen molar-refractivity contribution in [3.8, 4) is 0 Å². The molecule has 0 aromatic heterocycles. The minimum atomic E-state index is -0.209. The average molecular weight is 305 g/mol. The van der Waals surface area contributed by atoms with E-state index >= 15 is 0 Å². The number of benzene rings is 1. The molecule has 1 saturated heterocycles. The van der Waals surface area contributed by atoms with E-state index in [2.05, 4.69) is 15.5 Å². The number of rotatable bonds is 6. The van der Waals surface area contributed by atoms with Crippen LogP contribution in [0, 0.1) is 0 Å². The van der Waals surface area contributed by atoms with Crippen LogP contribution in [0.4, 0.5) is 0 Å². The van der Waals surface area contributed by atoms with Gasteiger partial charge in [0.05, 0.1) is 25.8 Å². The maximum atomic E-state index is 12.0. The Balaban J connectivity index is 1.98. The average Bonchev–Trinajstić information content (AvgIpc) is 2.54. The van der Waals surface area contributed by atoms with Crippen LogP contribution in [0.25, 0.3) is 0 Å². The smallest absolute Gasteiger partial charge is 0.239 e. The molecule has 2 rings (SSSR count). The molecule has 0 spiro atoms. The van der Waals surface area contributed by atoms with Crippen LogP contribution >= 0.6 is 0 Å². The summed E-state index contributed by atoms with van der Waals surface area (Å²) in [6, 6.07) is 9.78. The molecule has 0 bridgehead atoms. The molecule has 1 aromatic rings. The predicted molar refractivity (Wildman–Crippen MR) is 83.3 cm³/mol. The van der Waals surface area contributed by atoms with Gasteiger partial charge in [-0.3, -0.25) is 14.5 Å². The van der Waals surface area contributed by atoms with E-state index in [4.69, 9.17) is 4.74 Å². The minimum Gasteiger partial charge on any atom is -0.379 e. The first-order valence-electron chi connectivity index (χ1n) is 7.54. The summed E-state index contributed by atoms with van der Waals surface area (Å²) in [6.07, 6.45) is 0. The summed E-state index contributed by atoms with van der Waals surface area (Å²) in [7, 11) is 0. The first-order valence-corrected chi connectivity index (χ1v) is 7.54. The van der Waals surface area contributed by atoms with E-state index in [-0.39, 0.29) is 24.4 Å². The Labute approximate surface area is 130 Å². The molecule has 6 nitrogen and oxygen atoms in total. The second kappa shape index (κ2) is 8.51. The number of carbonyl (C=O) groups excluding carboxylic acids is 2. The molecule has 6 heteroatoms. The summed E-state index contributed by atoms with van der Waals surface area (Å²) in [5.41, 5.74) is 1.06. The quantitative estimate of drug-likeness (QED) is 0.794. The Morgan fingerprint density at radius 3 is 2.55 bits per heavy atom. The van der Waals surface area contributed by atoms with Gasteiger partial charge in [-0.2, -0.15) is 0 Å². The van der Waals surface area contributed by atoms with E-state index in [0.717, 1.165) is 38.4 Å². The second-order valence-corrected chi connectivity index (χ2v) is 5.35. The minimum absolute atomic E-state index is 0.00176. The fourth-order valence-corrected chi connectivity index (χ4v) is 2.41. The fourth-order valence-electron chi connectivity index (χ4n) is 2.41. The Morgan fingerprint density at radius 2 is 1.91 bits per heavy atom. The maximum absolute atomic E-state index is 12.0. The number of amides is 2. The van der Waals surface area contributed by atoms with E-state index in [1.807, 2.05) is 30.3 Å². The maximum Gasteiger partial charge on any atom is 0.239 e. The lowest BCUT2D eigenvalue weighted by Gasteiger charge is -2.31. The zero-order chi connectivity index (χ0) is 15.8. The number of hydrogen-bond donors (Lipinski definition) is 2. The van der Waals surface area contributed by atoms with Crippen LogP contribution in [-0.4, -0.2) is 56.1 Å². The molecular weight excluding hydrogens is 282 g/mol. The van der Waals surface area contributed by atoms with Crippen LogP contribution in [0.3, 0.4) is 0 Å². The van der Waals surface area contributed by atoms with Gasteiger partial charge in [-0.25, -0.2) is 0 Å². The van der Waals surface area contributed by atoms with E-state index in [9.17, 15) is 9.59 Å². The highest BCUT2D eigenvalue weighted by Crippen LogP contribution is 2.15. The van der Waals surface area contributed by atoms with Crippen molar-refractivity contribution in [2.45, 2.75) is 13.0 Å². The van der Waals surface area contributed by atoms with Gasteiger partial charge in [0.25, 0.3) is 0 Å². The topological polar surface area (TPSA) is 70.7 Å². The zero-order valence-corrected chi connectivity index (χ0v) is 12.9. The molecular formula is C16H23N3O3. The van der Waals surface area contributed by atoms with Crippen molar-refractivity contribution in [1.29, 1.82) is 0 Å². The molecule has 22 heavy (non-hydrogen) atoms. The Bertz CT molecular complexity index is 487. The van der Waals surface area contributed by atoms with Gasteiger partial charge >= 0.3 is 0 Å². The van der Waals surface area contributed by atoms with Gasteiger partial charge < -0.3 is 15.4 Å². The Morgan fingerprint density at radius 1 is 1.23 bits per heavy atom. The second-order valence-electron chi connectivity index (χ2n) is 5.35. The number of nitrogens with one attached hydrogen (secondary N) is 2. The van der Waals surface area contributed by atoms with Gasteiger partial charge in [0.1, 0.15) is 0 Å². The first kappa shape index (κ1) is 16.5. The molecule has 2 N–H and O–H groups in total. The van der Waals surface area contributed by atoms with Crippen LogP contribution in [0.1, 0.15) is 18.5 Å². The number of hydrogen-bond acceptors (Lipinski definition) is 4. The summed E-state index contributed by atoms with van der Waals surface area (Å²) in [4.78, 5) is 25.2. The largest absolute Gasteiger partial charge is 0.379 e. The molecule has 2 amide bonds. The van der Waals surface area contributed by atoms with Gasteiger partial charge in [-0.15, -0.1) is 0 Å². The van der Waals surface area contributed by atoms with E-state index in [1.165, 1.54) is 6.92 Å². The van der Waals surface area contributed by atoms with Crippen molar-refractivity contribution in [3.05, 3.63) is 35.9 Å². The molecule has 1 aromatic carbocycles. The van der Waals surface area contributed by atoms with Crippen molar-refractivity contribution in [2.24, 2.45) is 0 Å². The molecule has 0 unspecified atom stereocenters. The van der Waals surface area contributed by atoms with Crippen molar-refractivity contribution < 1.29 is 14.3 Å². The molecule has 1 aliphatic rings. The van der Waals surface area contributed by atoms with E-state index in [1.54, 1.807) is 0 Å². The number of ether oxygens (including phenoxy) is 1. The number of morpholine rings is 1. The summed E-state index contributed by atoms with van der Waals surface area (Å²) in [5.74, 6) is -0.392. The SMILES string of the molecule is CC(=O)NCC(=O)N[C@@H](CN1CCOCC1)c1ccccc1. The first-order chi connectivity index (χ1) is 10.6. The lowest BCUT2D eigenvalue weighted by molar-refractivity contribution is -0.125. The van der Waals surface area contributed by atoms with Gasteiger partial charge in [-0.1, -0.05) is 30.3 Å². The van der Waals surface area contributed by atoms with Crippen LogP contribution in [-0.2, 0) is 14.3 Å². The van der Waals surface area contributed by atoms with Crippen molar-refractivity contribution in [3.63, 3.8) is 0 Å². The molecule has 0 saturated carbocycles. The highest BCUT2D eigenvalue weighted by molar-refractivity contribution is 5.83. The monoisotopic (exact) mass is 305 g/mol. The molecule has 1 aliphatic heterocycles. The third kappa shape index (κ3) is 5.46. The standard InChI is InChI=1S/C16H23N3O3/c1-13(20)17-11-16(21)18-15(14-5-3-2-4-6-14)12-19-7-9-22-10-8-19/h2-6,15H,7-12H2,1H3,(H,17,20)(H,18,21)/t15-/m0/s1. The van der Waals surface area contributed by atoms with Crippen LogP contribution in [0.5, 0.6) is 0 Å². The Kier molecular flexibility index (Phi) is 6.36. The van der Waals surface area contributed by atoms with Gasteiger partial charge in [-0.05, 0) is 5.56 Å². The summed E-state index contributed by atoms with van der Waals surface area (Å²) >= 11 is 0. The highest BCUT2D eigenvalue weighted by atomic mass is 16.5. The number of carbonyl (C=O) groups is 2. The highest BCUT2D eigenvalue weighted by Gasteiger charge is 2.20. The van der Waals surface area contributed by atoms with Gasteiger partial charge in [0, 0.05) is 26.6 Å². The molecule has 1 fully saturated rings. The lowest BCUT2D eigenvalue weighted by atomic mass is 10.1. The predicted octanol–water partition coefficient (Wildman–Crippen LogP) is 0.312. The van der Waals surface area contributed by atoms with Crippen molar-refractivity contribution >= 4 is 11.8 Å². The summed E-state index contributed by atoms with van der Waals surface area (Å²) in [6.45, 7) is 5.31. The third-order valence-corrected chi connectivity index (χ3v) is 3.58. The van der Waals surface area contributed by atoms with Crippen molar-refractivity contribution in [2.75, 3.05) is 39.4 Å². The molecule has 0 radical (unpaired) electrons. The molecule has 0 aliphatic carbocycles. The summed E-state index contributed by atoms with van der Waals surface area (Å²) < 4.78 is 5.36. The lowest BCUT2D eigenvalue weighted by Crippen LogP contribution is -2.45. The zero-order valence-electron chi connectivity index (χ0n) is 12.9. The van der Waals surface area contributed by atoms with Crippen LogP contribution < -0.4 is 10.6 Å². The van der Waals surface area contributed by atoms with Gasteiger partial charge in [0.2, 0.25) is 11.8 Å². The fraction of sp³-hybridized carbons (Fsp3) is 0.500. The molecule has 1 atom stereocenters. The Hall–Kier alpha value is -1.92. The summed E-state index contributed by atoms with van der Waals surface area (Å²) in [5, 5.41) is 5.52. The van der Waals surface area contributed by atoms with E-state index in [0.29, 0.717) is 0 Å². The van der Waals surface area contributed by atoms with Gasteiger partial charge in [0.15, 0.2) is 0 Å². The van der Waals surface area contributed by atoms with Crippen LogP contribution in [0.15, 0.2) is 30.3 Å². The number of nitrogens with zero attached hydrogens (tertiary/aromatic N) is 1. The van der Waals surface area contributed by atoms with E-state index < -0.39 is 0 Å². The third-order valence-electron chi connectivity index (χ3n) is 3.58. The molecule has 1 heterocycles. The normalized spacial score (nSPS) is 16.8.